The van der Waals surface area contributed by atoms with Gasteiger partial charge < -0.3 is 10.2 Å². The third kappa shape index (κ3) is 5.71. The molecule has 2 nitrogen and oxygen atoms in total. The Bertz CT molecular complexity index is 3400. The summed E-state index contributed by atoms with van der Waals surface area (Å²) in [5.41, 5.74) is 17.4. The normalized spacial score (nSPS) is 20.4. The van der Waals surface area contributed by atoms with Crippen molar-refractivity contribution in [3.63, 3.8) is 0 Å². The second-order valence-corrected chi connectivity index (χ2v) is 21.8. The second kappa shape index (κ2) is 15.1. The van der Waals surface area contributed by atoms with Gasteiger partial charge in [0, 0.05) is 11.4 Å². The van der Waals surface area contributed by atoms with Crippen molar-refractivity contribution >= 4 is 56.4 Å². The van der Waals surface area contributed by atoms with Crippen LogP contribution in [0.5, 0.6) is 0 Å². The summed E-state index contributed by atoms with van der Waals surface area (Å²) in [4.78, 5) is 2.55. The zero-order valence-electron chi connectivity index (χ0n) is 36.6. The minimum absolute atomic E-state index is 0.0366. The molecule has 65 heavy (non-hydrogen) atoms. The van der Waals surface area contributed by atoms with E-state index in [0.717, 1.165) is 25.7 Å². The van der Waals surface area contributed by atoms with Gasteiger partial charge in [0.1, 0.15) is 6.17 Å². The van der Waals surface area contributed by atoms with E-state index >= 15 is 0 Å². The fraction of sp³-hybridized carbons (Fsp3) is 0.0968. The maximum atomic E-state index is 3.94. The van der Waals surface area contributed by atoms with E-state index < -0.39 is 8.07 Å². The lowest BCUT2D eigenvalue weighted by molar-refractivity contribution is 0.647. The highest BCUT2D eigenvalue weighted by Crippen LogP contribution is 2.47. The number of fused-ring (bicyclic) bond motifs is 7. The second-order valence-electron chi connectivity index (χ2n) is 18.2. The molecule has 0 amide bonds. The molecule has 310 valence electrons. The molecule has 3 aliphatic carbocycles. The standard InChI is InChI=1S/C62H48N2Si/c1-2-41-32-37-58-57(38-41)63-62(43-18-5-3-6-19-43)64(58)45-35-33-42(34-36-45)60-51-26-13-15-28-53(51)61(54-29-16-14-27-52(54)60)65(46-21-7-4-8-22-46)47-23-10-9-20-44(39-47)55-40-56-50(30-17-31-59(56)65)48-24-11-12-25-49(48)55/h3-31,33-36,38-39,62-63H,2,32,37,40H2,1H3/b55-44+. The minimum Gasteiger partial charge on any atom is -0.360 e. The predicted octanol–water partition coefficient (Wildman–Crippen LogP) is 13.2. The van der Waals surface area contributed by atoms with Gasteiger partial charge in [-0.1, -0.05) is 207 Å². The molecule has 0 saturated carbocycles. The van der Waals surface area contributed by atoms with Gasteiger partial charge in [-0.25, -0.2) is 0 Å². The van der Waals surface area contributed by atoms with Crippen LogP contribution < -0.4 is 25.8 Å². The van der Waals surface area contributed by atoms with E-state index in [4.69, 9.17) is 0 Å². The minimum atomic E-state index is -3.11. The largest absolute Gasteiger partial charge is 0.360 e. The van der Waals surface area contributed by atoms with Crippen LogP contribution in [0.1, 0.15) is 49.0 Å². The molecule has 4 bridgehead atoms. The summed E-state index contributed by atoms with van der Waals surface area (Å²) in [7, 11) is -3.11. The van der Waals surface area contributed by atoms with Crippen molar-refractivity contribution in [2.24, 2.45) is 0 Å². The van der Waals surface area contributed by atoms with Gasteiger partial charge in [0.25, 0.3) is 0 Å². The molecule has 0 fully saturated rings. The molecule has 2 aliphatic heterocycles. The van der Waals surface area contributed by atoms with Gasteiger partial charge in [-0.15, -0.1) is 0 Å². The molecule has 0 radical (unpaired) electrons. The van der Waals surface area contributed by atoms with Gasteiger partial charge in [-0.05, 0) is 136 Å². The van der Waals surface area contributed by atoms with Crippen LogP contribution in [0, 0.1) is 0 Å². The molecule has 13 rings (SSSR count). The third-order valence-corrected chi connectivity index (χ3v) is 19.9. The molecule has 0 aromatic heterocycles. The molecule has 5 aliphatic rings. The fourth-order valence-electron chi connectivity index (χ4n) is 12.1. The van der Waals surface area contributed by atoms with Crippen LogP contribution in [0.3, 0.4) is 0 Å². The van der Waals surface area contributed by atoms with Gasteiger partial charge in [0.2, 0.25) is 0 Å². The Labute approximate surface area is 382 Å². The van der Waals surface area contributed by atoms with Crippen LogP contribution in [0.4, 0.5) is 5.69 Å². The number of hydrogen-bond acceptors (Lipinski definition) is 2. The molecule has 0 spiro atoms. The van der Waals surface area contributed by atoms with Crippen molar-refractivity contribution in [3.8, 4) is 22.3 Å². The summed E-state index contributed by atoms with van der Waals surface area (Å²) in [6, 6.07) is 66.9. The van der Waals surface area contributed by atoms with Crippen molar-refractivity contribution in [1.82, 2.24) is 5.32 Å². The number of allylic oxidation sites excluding steroid dienone is 11. The van der Waals surface area contributed by atoms with E-state index in [9.17, 15) is 0 Å². The molecule has 0 saturated heterocycles. The number of anilines is 1. The summed E-state index contributed by atoms with van der Waals surface area (Å²) >= 11 is 0. The SMILES string of the molecule is CCC1=CC2=C(CC1)N(c1ccc(-c3c4ccccc4c([Si]4(c5ccccc5)C5=C/C(=C6\Cc7c(cccc74)-c4ccccc46)C=CC=C5)c4ccccc34)cc1)C(c1ccccc1)N2. The lowest BCUT2D eigenvalue weighted by Gasteiger charge is -2.41. The van der Waals surface area contributed by atoms with E-state index in [1.165, 1.54) is 115 Å². The van der Waals surface area contributed by atoms with Crippen molar-refractivity contribution in [2.75, 3.05) is 4.90 Å². The molecule has 8 aromatic rings. The van der Waals surface area contributed by atoms with Crippen molar-refractivity contribution in [3.05, 3.63) is 257 Å². The number of nitrogens with zero attached hydrogens (tertiary/aromatic N) is 1. The van der Waals surface area contributed by atoms with Gasteiger partial charge in [0.15, 0.2) is 8.07 Å². The zero-order valence-corrected chi connectivity index (χ0v) is 37.6. The molecule has 2 unspecified atom stereocenters. The maximum Gasteiger partial charge on any atom is 0.181 e. The monoisotopic (exact) mass is 848 g/mol. The molecule has 3 heteroatoms. The Morgan fingerprint density at radius 1 is 0.585 bits per heavy atom. The zero-order chi connectivity index (χ0) is 43.1. The quantitative estimate of drug-likeness (QED) is 0.132. The topological polar surface area (TPSA) is 15.3 Å². The van der Waals surface area contributed by atoms with Crippen molar-refractivity contribution in [2.45, 2.75) is 38.8 Å². The molecule has 8 aromatic carbocycles. The summed E-state index contributed by atoms with van der Waals surface area (Å²) in [5, 5.41) is 15.0. The number of hydrogen-bond donors (Lipinski definition) is 1. The molecule has 2 atom stereocenters. The average molecular weight is 849 g/mol. The smallest absolute Gasteiger partial charge is 0.181 e. The Kier molecular flexibility index (Phi) is 8.82. The molecule has 1 N–H and O–H groups in total. The highest BCUT2D eigenvalue weighted by molar-refractivity contribution is 7.18. The van der Waals surface area contributed by atoms with E-state index in [0.29, 0.717) is 0 Å². The molecular weight excluding hydrogens is 801 g/mol. The van der Waals surface area contributed by atoms with Crippen LogP contribution in [0.2, 0.25) is 0 Å². The number of benzene rings is 8. The molecular formula is C62H48N2Si. The van der Waals surface area contributed by atoms with Crippen LogP contribution >= 0.6 is 0 Å². The first-order valence-corrected chi connectivity index (χ1v) is 25.4. The maximum absolute atomic E-state index is 3.94. The summed E-state index contributed by atoms with van der Waals surface area (Å²) in [5.74, 6) is 0. The Hall–Kier alpha value is -7.46. The van der Waals surface area contributed by atoms with Gasteiger partial charge in [-0.3, -0.25) is 0 Å². The Balaban J connectivity index is 1.07. The first kappa shape index (κ1) is 38.0. The summed E-state index contributed by atoms with van der Waals surface area (Å²) in [6.07, 6.45) is 18.5. The highest BCUT2D eigenvalue weighted by Gasteiger charge is 2.48. The van der Waals surface area contributed by atoms with E-state index in [1.807, 2.05) is 0 Å². The van der Waals surface area contributed by atoms with Gasteiger partial charge >= 0.3 is 0 Å². The average Bonchev–Trinajstić information content (AvgIpc) is 3.57. The first-order valence-electron chi connectivity index (χ1n) is 23.4. The van der Waals surface area contributed by atoms with Crippen LogP contribution in [-0.2, 0) is 6.42 Å². The van der Waals surface area contributed by atoms with Crippen molar-refractivity contribution in [1.29, 1.82) is 0 Å². The predicted molar refractivity (Wildman–Crippen MR) is 276 cm³/mol. The van der Waals surface area contributed by atoms with Crippen LogP contribution in [-0.4, -0.2) is 8.07 Å². The van der Waals surface area contributed by atoms with E-state index in [1.54, 1.807) is 0 Å². The van der Waals surface area contributed by atoms with E-state index in [-0.39, 0.29) is 6.17 Å². The van der Waals surface area contributed by atoms with Crippen molar-refractivity contribution < 1.29 is 0 Å². The lowest BCUT2D eigenvalue weighted by atomic mass is 9.80. The summed E-state index contributed by atoms with van der Waals surface area (Å²) in [6.45, 7) is 2.28. The number of rotatable bonds is 6. The number of nitrogens with one attached hydrogen (secondary N) is 1. The lowest BCUT2D eigenvalue weighted by Crippen LogP contribution is -2.70. The Morgan fingerprint density at radius 2 is 1.23 bits per heavy atom. The van der Waals surface area contributed by atoms with Crippen LogP contribution in [0.15, 0.2) is 240 Å². The van der Waals surface area contributed by atoms with Gasteiger partial charge in [-0.2, -0.15) is 0 Å². The Morgan fingerprint density at radius 3 is 1.97 bits per heavy atom. The van der Waals surface area contributed by atoms with Crippen LogP contribution in [0.25, 0.3) is 49.4 Å². The van der Waals surface area contributed by atoms with Gasteiger partial charge in [0.05, 0.1) is 5.70 Å². The summed E-state index contributed by atoms with van der Waals surface area (Å²) < 4.78 is 0. The first-order chi connectivity index (χ1) is 32.2. The third-order valence-electron chi connectivity index (χ3n) is 14.9. The van der Waals surface area contributed by atoms with E-state index in [2.05, 4.69) is 230 Å². The highest BCUT2D eigenvalue weighted by atomic mass is 28.3. The fourth-order valence-corrected chi connectivity index (χ4v) is 17.6. The molecule has 2 heterocycles.